The molecule has 0 aromatic carbocycles. The summed E-state index contributed by atoms with van der Waals surface area (Å²) in [5.41, 5.74) is 1.29. The van der Waals surface area contributed by atoms with Gasteiger partial charge in [0.15, 0.2) is 17.7 Å². The number of ketones is 2. The second kappa shape index (κ2) is 5.17. The zero-order valence-electron chi connectivity index (χ0n) is 15.9. The summed E-state index contributed by atoms with van der Waals surface area (Å²) in [7, 11) is 0. The zero-order chi connectivity index (χ0) is 19.2. The van der Waals surface area contributed by atoms with Crippen LogP contribution in [0.25, 0.3) is 0 Å². The molecule has 7 atom stereocenters. The number of halogens is 1. The molecule has 1 N–H and O–H groups in total. The fraction of sp³-hybridized carbons (Fsp3) is 0.636. The van der Waals surface area contributed by atoms with E-state index in [1.807, 2.05) is 13.8 Å². The molecular weight excluding hydrogens is 331 g/mol. The van der Waals surface area contributed by atoms with Crippen LogP contribution in [0.15, 0.2) is 35.1 Å². The molecule has 0 aliphatic heterocycles. The first-order chi connectivity index (χ1) is 12.0. The molecule has 4 aliphatic carbocycles. The molecule has 0 saturated heterocycles. The molecule has 3 fully saturated rings. The molecule has 0 amide bonds. The lowest BCUT2D eigenvalue weighted by atomic mass is 9.44. The summed E-state index contributed by atoms with van der Waals surface area (Å²) in [5.74, 6) is -0.494. The Bertz CT molecular complexity index is 806. The number of hydrogen-bond donors (Lipinski definition) is 1. The Morgan fingerprint density at radius 3 is 2.58 bits per heavy atom. The van der Waals surface area contributed by atoms with Gasteiger partial charge in [-0.25, -0.2) is 4.39 Å². The van der Waals surface area contributed by atoms with Crippen molar-refractivity contribution in [2.24, 2.45) is 34.5 Å². The van der Waals surface area contributed by atoms with Crippen LogP contribution >= 0.6 is 0 Å². The van der Waals surface area contributed by atoms with E-state index in [1.54, 1.807) is 0 Å². The summed E-state index contributed by atoms with van der Waals surface area (Å²) < 4.78 is 14.4. The second-order valence-corrected chi connectivity index (χ2v) is 9.25. The van der Waals surface area contributed by atoms with Crippen LogP contribution in [0.4, 0.5) is 4.39 Å². The van der Waals surface area contributed by atoms with Gasteiger partial charge in [0.05, 0.1) is 0 Å². The average Bonchev–Trinajstić information content (AvgIpc) is 2.81. The highest BCUT2D eigenvalue weighted by Gasteiger charge is 2.64. The van der Waals surface area contributed by atoms with Crippen molar-refractivity contribution >= 4 is 11.6 Å². The molecule has 3 nitrogen and oxygen atoms in total. The zero-order valence-corrected chi connectivity index (χ0v) is 15.9. The molecule has 0 aromatic rings. The lowest BCUT2D eigenvalue weighted by Gasteiger charge is -2.59. The number of carbonyl (C=O) groups is 2. The minimum atomic E-state index is -1.37. The molecule has 4 rings (SSSR count). The summed E-state index contributed by atoms with van der Waals surface area (Å²) in [4.78, 5) is 24.8. The number of Topliss-reactive ketones (excluding diaryl/α,β-unsaturated/α-hetero) is 1. The Balaban J connectivity index is 1.89. The Labute approximate surface area is 154 Å². The molecule has 4 aliphatic rings. The number of aliphatic hydroxyl groups excluding tert-OH is 1. The summed E-state index contributed by atoms with van der Waals surface area (Å²) in [5, 5.41) is 10.6. The van der Waals surface area contributed by atoms with Crippen LogP contribution in [-0.2, 0) is 9.59 Å². The van der Waals surface area contributed by atoms with Crippen LogP contribution in [-0.4, -0.2) is 22.8 Å². The van der Waals surface area contributed by atoms with Crippen molar-refractivity contribution in [3.8, 4) is 0 Å². The molecule has 0 radical (unpaired) electrons. The second-order valence-electron chi connectivity index (χ2n) is 9.25. The third-order valence-corrected chi connectivity index (χ3v) is 8.38. The van der Waals surface area contributed by atoms with Gasteiger partial charge in [0.1, 0.15) is 0 Å². The largest absolute Gasteiger partial charge is 0.504 e. The molecule has 3 saturated carbocycles. The molecule has 0 heterocycles. The van der Waals surface area contributed by atoms with Crippen molar-refractivity contribution in [3.05, 3.63) is 35.1 Å². The van der Waals surface area contributed by atoms with Gasteiger partial charge >= 0.3 is 0 Å². The predicted octanol–water partition coefficient (Wildman–Crippen LogP) is 4.50. The highest BCUT2D eigenvalue weighted by atomic mass is 19.1. The number of rotatable bonds is 0. The lowest BCUT2D eigenvalue weighted by molar-refractivity contribution is -0.135. The van der Waals surface area contributed by atoms with E-state index in [-0.39, 0.29) is 47.4 Å². The smallest absolute Gasteiger partial charge is 0.220 e. The van der Waals surface area contributed by atoms with Crippen LogP contribution in [0.1, 0.15) is 47.0 Å². The van der Waals surface area contributed by atoms with Gasteiger partial charge in [0.25, 0.3) is 0 Å². The van der Waals surface area contributed by atoms with Crippen molar-refractivity contribution in [2.45, 2.75) is 53.1 Å². The molecule has 0 bridgehead atoms. The van der Waals surface area contributed by atoms with E-state index >= 15 is 0 Å². The normalized spacial score (nSPS) is 48.1. The van der Waals surface area contributed by atoms with Crippen LogP contribution in [0, 0.1) is 34.5 Å². The quantitative estimate of drug-likeness (QED) is 0.694. The van der Waals surface area contributed by atoms with Gasteiger partial charge in [-0.3, -0.25) is 9.59 Å². The predicted molar refractivity (Wildman–Crippen MR) is 97.2 cm³/mol. The van der Waals surface area contributed by atoms with E-state index in [1.165, 1.54) is 6.08 Å². The molecule has 4 heteroatoms. The maximum absolute atomic E-state index is 14.4. The summed E-state index contributed by atoms with van der Waals surface area (Å²) >= 11 is 0. The third kappa shape index (κ3) is 1.83. The molecule has 0 aromatic heterocycles. The highest BCUT2D eigenvalue weighted by Crippen LogP contribution is 2.67. The molecule has 0 spiro atoms. The Kier molecular flexibility index (Phi) is 3.52. The summed E-state index contributed by atoms with van der Waals surface area (Å²) in [6.45, 7) is 12.2. The molecule has 0 unspecified atom stereocenters. The number of carbonyl (C=O) groups excluding carboxylic acids is 2. The molecule has 140 valence electrons. The Hall–Kier alpha value is -1.71. The van der Waals surface area contributed by atoms with Crippen LogP contribution in [0.5, 0.6) is 0 Å². The van der Waals surface area contributed by atoms with E-state index in [0.29, 0.717) is 12.0 Å². The van der Waals surface area contributed by atoms with E-state index in [9.17, 15) is 19.1 Å². The maximum Gasteiger partial charge on any atom is 0.220 e. The first-order valence-corrected chi connectivity index (χ1v) is 9.59. The Morgan fingerprint density at radius 1 is 1.27 bits per heavy atom. The van der Waals surface area contributed by atoms with Crippen LogP contribution in [0.2, 0.25) is 0 Å². The SMILES string of the molecule is C=C1C2=C(O)C(=O)C=C(C)[C@]2(C)[C@H]2CC[C@]3(C)C(=O)[C@H](F)C[C@H]3[C@@H]2[C@@H]1C. The highest BCUT2D eigenvalue weighted by molar-refractivity contribution is 6.05. The fourth-order valence-corrected chi connectivity index (χ4v) is 6.72. The summed E-state index contributed by atoms with van der Waals surface area (Å²) in [6, 6.07) is 0. The number of fused-ring (bicyclic) bond motifs is 5. The standard InChI is InChI=1S/C22H27FO3/c1-10-8-16(24)19(25)18-12(3)11(2)17-13(22(10,18)5)6-7-21(4)14(17)9-15(23)20(21)26/h8,11,13-15,17,25H,3,6-7,9H2,1-2,4-5H3/t11-,13+,14+,15-,17-,21+,22-/m1/s1. The summed E-state index contributed by atoms with van der Waals surface area (Å²) in [6.07, 6.45) is 1.91. The van der Waals surface area contributed by atoms with Crippen molar-refractivity contribution in [1.82, 2.24) is 0 Å². The lowest BCUT2D eigenvalue weighted by Crippen LogP contribution is -2.54. The van der Waals surface area contributed by atoms with Gasteiger partial charge in [-0.2, -0.15) is 0 Å². The van der Waals surface area contributed by atoms with Crippen molar-refractivity contribution in [3.63, 3.8) is 0 Å². The van der Waals surface area contributed by atoms with Crippen molar-refractivity contribution < 1.29 is 19.1 Å². The minimum Gasteiger partial charge on any atom is -0.504 e. The first-order valence-electron chi connectivity index (χ1n) is 9.59. The van der Waals surface area contributed by atoms with Gasteiger partial charge in [-0.05, 0) is 61.5 Å². The molecule has 26 heavy (non-hydrogen) atoms. The van der Waals surface area contributed by atoms with E-state index < -0.39 is 17.0 Å². The number of alkyl halides is 1. The van der Waals surface area contributed by atoms with Gasteiger partial charge in [0, 0.05) is 16.4 Å². The fourth-order valence-electron chi connectivity index (χ4n) is 6.72. The van der Waals surface area contributed by atoms with Crippen molar-refractivity contribution in [1.29, 1.82) is 0 Å². The van der Waals surface area contributed by atoms with Gasteiger partial charge in [-0.15, -0.1) is 0 Å². The minimum absolute atomic E-state index is 0.00616. The van der Waals surface area contributed by atoms with Gasteiger partial charge in [0.2, 0.25) is 5.78 Å². The number of aliphatic hydroxyl groups is 1. The van der Waals surface area contributed by atoms with Crippen molar-refractivity contribution in [2.75, 3.05) is 0 Å². The van der Waals surface area contributed by atoms with E-state index in [0.717, 1.165) is 17.6 Å². The van der Waals surface area contributed by atoms with E-state index in [2.05, 4.69) is 20.4 Å². The number of hydrogen-bond acceptors (Lipinski definition) is 3. The topological polar surface area (TPSA) is 54.4 Å². The molecular formula is C22H27FO3. The van der Waals surface area contributed by atoms with Crippen LogP contribution < -0.4 is 0 Å². The first kappa shape index (κ1) is 17.7. The Morgan fingerprint density at radius 2 is 1.92 bits per heavy atom. The third-order valence-electron chi connectivity index (χ3n) is 8.38. The van der Waals surface area contributed by atoms with E-state index in [4.69, 9.17) is 0 Å². The van der Waals surface area contributed by atoms with Gasteiger partial charge < -0.3 is 5.11 Å². The number of allylic oxidation sites excluding steroid dienone is 4. The monoisotopic (exact) mass is 358 g/mol. The maximum atomic E-state index is 14.4. The van der Waals surface area contributed by atoms with Gasteiger partial charge in [-0.1, -0.05) is 32.9 Å². The van der Waals surface area contributed by atoms with Crippen LogP contribution in [0.3, 0.4) is 0 Å². The average molecular weight is 358 g/mol.